The van der Waals surface area contributed by atoms with Gasteiger partial charge < -0.3 is 4.57 Å². The molecule has 0 aliphatic carbocycles. The van der Waals surface area contributed by atoms with Crippen LogP contribution in [0, 0.1) is 11.3 Å². The molecule has 2 heterocycles. The first-order chi connectivity index (χ1) is 25.7. The maximum absolute atomic E-state index is 13.8. The van der Waals surface area contributed by atoms with Crippen LogP contribution < -0.4 is 0 Å². The van der Waals surface area contributed by atoms with E-state index in [1.165, 1.54) is 54.9 Å². The van der Waals surface area contributed by atoms with Crippen LogP contribution >= 0.6 is 0 Å². The Balaban J connectivity index is 1.53. The van der Waals surface area contributed by atoms with E-state index >= 15 is 0 Å². The molecule has 0 N–H and O–H groups in total. The number of alkyl halides is 12. The van der Waals surface area contributed by atoms with Crippen molar-refractivity contribution in [3.63, 3.8) is 0 Å². The number of hydrogen-bond donors (Lipinski definition) is 0. The highest BCUT2D eigenvalue weighted by atomic mass is 19.4. The number of nitriles is 1. The summed E-state index contributed by atoms with van der Waals surface area (Å²) in [6, 6.07) is 20.3. The van der Waals surface area contributed by atoms with Crippen LogP contribution in [0.25, 0.3) is 60.9 Å². The molecule has 5 aromatic carbocycles. The first-order valence-electron chi connectivity index (χ1n) is 15.9. The molecule has 0 fully saturated rings. The number of benzene rings is 5. The molecule has 0 spiro atoms. The molecule has 0 saturated heterocycles. The highest BCUT2D eigenvalue weighted by molar-refractivity contribution is 6.11. The van der Waals surface area contributed by atoms with E-state index in [-0.39, 0.29) is 39.6 Å². The fraction of sp³-hybridized carbons (Fsp3) is 0.100. The average Bonchev–Trinajstić information content (AvgIpc) is 3.46. The van der Waals surface area contributed by atoms with E-state index in [2.05, 4.69) is 11.1 Å². The van der Waals surface area contributed by atoms with Gasteiger partial charge in [0, 0.05) is 34.4 Å². The monoisotopic (exact) mass is 769 g/mol. The molecule has 15 heteroatoms. The van der Waals surface area contributed by atoms with Crippen LogP contribution in [0.3, 0.4) is 0 Å². The van der Waals surface area contributed by atoms with Gasteiger partial charge in [0.05, 0.1) is 44.9 Å². The van der Waals surface area contributed by atoms with Crippen molar-refractivity contribution in [1.82, 2.24) is 9.55 Å². The zero-order chi connectivity index (χ0) is 39.7. The Morgan fingerprint density at radius 2 is 0.855 bits per heavy atom. The van der Waals surface area contributed by atoms with E-state index in [0.29, 0.717) is 52.1 Å². The summed E-state index contributed by atoms with van der Waals surface area (Å²) in [5, 5.41) is 10.2. The molecule has 7 rings (SSSR count). The molecule has 0 aliphatic rings. The van der Waals surface area contributed by atoms with Gasteiger partial charge in [-0.25, -0.2) is 0 Å². The van der Waals surface area contributed by atoms with Crippen LogP contribution in [-0.4, -0.2) is 9.55 Å². The summed E-state index contributed by atoms with van der Waals surface area (Å²) >= 11 is 0. The zero-order valence-electron chi connectivity index (χ0n) is 27.3. The second-order valence-electron chi connectivity index (χ2n) is 12.5. The molecule has 3 nitrogen and oxygen atoms in total. The fourth-order valence-corrected chi connectivity index (χ4v) is 6.44. The van der Waals surface area contributed by atoms with Crippen LogP contribution in [-0.2, 0) is 24.7 Å². The third kappa shape index (κ3) is 7.07. The Kier molecular flexibility index (Phi) is 8.71. The molecule has 2 aromatic heterocycles. The predicted octanol–water partition coefficient (Wildman–Crippen LogP) is 13.1. The van der Waals surface area contributed by atoms with Gasteiger partial charge in [-0.2, -0.15) is 57.9 Å². The second kappa shape index (κ2) is 12.9. The van der Waals surface area contributed by atoms with Gasteiger partial charge in [-0.05, 0) is 119 Å². The Morgan fingerprint density at radius 3 is 1.24 bits per heavy atom. The van der Waals surface area contributed by atoms with Gasteiger partial charge in [-0.15, -0.1) is 0 Å². The lowest BCUT2D eigenvalue weighted by molar-refractivity contribution is -0.144. The SMILES string of the molecule is N#Cc1ccc(-n2c3ccc(-c4cc(C(F)(F)F)cc(C(F)(F)F)c4)cc3c3cc(-c4cc(C(F)(F)F)cc(C(F)(F)F)c4)ccc32)cc1-c1ccncc1. The summed E-state index contributed by atoms with van der Waals surface area (Å²) in [4.78, 5) is 3.98. The summed E-state index contributed by atoms with van der Waals surface area (Å²) in [6.45, 7) is 0. The molecule has 0 aliphatic heterocycles. The molecule has 0 bridgehead atoms. The van der Waals surface area contributed by atoms with Crippen LogP contribution in [0.2, 0.25) is 0 Å². The van der Waals surface area contributed by atoms with Crippen molar-refractivity contribution in [1.29, 1.82) is 5.26 Å². The second-order valence-corrected chi connectivity index (χ2v) is 12.5. The van der Waals surface area contributed by atoms with Crippen LogP contribution in [0.5, 0.6) is 0 Å². The summed E-state index contributed by atoms with van der Waals surface area (Å²) in [6.07, 6.45) is -17.6. The quantitative estimate of drug-likeness (QED) is 0.167. The molecule has 55 heavy (non-hydrogen) atoms. The Hall–Kier alpha value is -6.30. The summed E-state index contributed by atoms with van der Waals surface area (Å²) in [5.74, 6) is 0. The van der Waals surface area contributed by atoms with Crippen molar-refractivity contribution >= 4 is 21.8 Å². The number of hydrogen-bond acceptors (Lipinski definition) is 2. The van der Waals surface area contributed by atoms with Crippen molar-refractivity contribution in [2.75, 3.05) is 0 Å². The Morgan fingerprint density at radius 1 is 0.436 bits per heavy atom. The smallest absolute Gasteiger partial charge is 0.309 e. The lowest BCUT2D eigenvalue weighted by Crippen LogP contribution is -2.11. The van der Waals surface area contributed by atoms with Gasteiger partial charge in [0.1, 0.15) is 0 Å². The van der Waals surface area contributed by atoms with E-state index in [9.17, 15) is 57.9 Å². The molecular weight excluding hydrogens is 750 g/mol. The van der Waals surface area contributed by atoms with E-state index in [4.69, 9.17) is 0 Å². The molecule has 0 saturated carbocycles. The van der Waals surface area contributed by atoms with Gasteiger partial charge in [0.25, 0.3) is 0 Å². The summed E-state index contributed by atoms with van der Waals surface area (Å²) in [5.41, 5.74) is -4.92. The number of rotatable bonds is 4. The molecule has 0 unspecified atom stereocenters. The Labute approximate surface area is 302 Å². The summed E-state index contributed by atoms with van der Waals surface area (Å²) < 4.78 is 167. The van der Waals surface area contributed by atoms with Crippen molar-refractivity contribution in [2.45, 2.75) is 24.7 Å². The number of fused-ring (bicyclic) bond motifs is 3. The van der Waals surface area contributed by atoms with Crippen LogP contribution in [0.1, 0.15) is 27.8 Å². The van der Waals surface area contributed by atoms with Crippen LogP contribution in [0.4, 0.5) is 52.7 Å². The highest BCUT2D eigenvalue weighted by Crippen LogP contribution is 2.43. The van der Waals surface area contributed by atoms with Gasteiger partial charge in [0.15, 0.2) is 0 Å². The highest BCUT2D eigenvalue weighted by Gasteiger charge is 2.38. The maximum atomic E-state index is 13.8. The minimum Gasteiger partial charge on any atom is -0.309 e. The number of halogens is 12. The minimum absolute atomic E-state index is 0.0181. The minimum atomic E-state index is -5.15. The van der Waals surface area contributed by atoms with E-state index < -0.39 is 58.1 Å². The van der Waals surface area contributed by atoms with E-state index in [0.717, 1.165) is 0 Å². The number of aromatic nitrogens is 2. The number of pyridine rings is 1. The molecule has 7 aromatic rings. The standard InChI is InChI=1S/C40H19F12N3/c41-37(42,43)27-11-25(12-28(17-27)38(44,45)46)22-2-5-35-33(15-22)34-16-23(26-13-29(39(47,48)49)18-30(14-26)40(50,51)52)3-6-36(34)55(35)31-4-1-24(20-53)32(19-31)21-7-9-54-10-8-21/h1-19H. The third-order valence-electron chi connectivity index (χ3n) is 8.98. The summed E-state index contributed by atoms with van der Waals surface area (Å²) in [7, 11) is 0. The molecule has 278 valence electrons. The molecular formula is C40H19F12N3. The first-order valence-corrected chi connectivity index (χ1v) is 15.9. The third-order valence-corrected chi connectivity index (χ3v) is 8.98. The molecule has 0 radical (unpaired) electrons. The lowest BCUT2D eigenvalue weighted by atomic mass is 9.96. The normalized spacial score (nSPS) is 12.7. The number of nitrogens with zero attached hydrogens (tertiary/aromatic N) is 3. The first kappa shape index (κ1) is 37.0. The van der Waals surface area contributed by atoms with Crippen molar-refractivity contribution in [3.8, 4) is 45.1 Å². The fourth-order valence-electron chi connectivity index (χ4n) is 6.44. The van der Waals surface area contributed by atoms with Crippen molar-refractivity contribution in [3.05, 3.63) is 143 Å². The average molecular weight is 770 g/mol. The molecule has 0 amide bonds. The predicted molar refractivity (Wildman–Crippen MR) is 180 cm³/mol. The molecule has 0 atom stereocenters. The van der Waals surface area contributed by atoms with E-state index in [1.54, 1.807) is 28.8 Å². The Bertz CT molecular complexity index is 2460. The van der Waals surface area contributed by atoms with Crippen LogP contribution in [0.15, 0.2) is 116 Å². The maximum Gasteiger partial charge on any atom is 0.416 e. The zero-order valence-corrected chi connectivity index (χ0v) is 27.3. The van der Waals surface area contributed by atoms with Gasteiger partial charge in [-0.3, -0.25) is 4.98 Å². The lowest BCUT2D eigenvalue weighted by Gasteiger charge is -2.15. The van der Waals surface area contributed by atoms with Gasteiger partial charge in [-0.1, -0.05) is 12.1 Å². The van der Waals surface area contributed by atoms with Crippen molar-refractivity contribution in [2.24, 2.45) is 0 Å². The van der Waals surface area contributed by atoms with Crippen molar-refractivity contribution < 1.29 is 52.7 Å². The van der Waals surface area contributed by atoms with Gasteiger partial charge >= 0.3 is 24.7 Å². The topological polar surface area (TPSA) is 41.6 Å². The largest absolute Gasteiger partial charge is 0.416 e. The van der Waals surface area contributed by atoms with Gasteiger partial charge in [0.2, 0.25) is 0 Å². The van der Waals surface area contributed by atoms with E-state index in [1.807, 2.05) is 0 Å².